The van der Waals surface area contributed by atoms with Crippen LogP contribution in [0.15, 0.2) is 42.5 Å². The summed E-state index contributed by atoms with van der Waals surface area (Å²) in [6, 6.07) is 13.1. The minimum absolute atomic E-state index is 0.0143. The maximum Gasteiger partial charge on any atom is 0.260 e. The Morgan fingerprint density at radius 1 is 1.25 bits per heavy atom. The molecule has 0 radical (unpaired) electrons. The second-order valence-corrected chi connectivity index (χ2v) is 4.51. The van der Waals surface area contributed by atoms with Crippen LogP contribution < -0.4 is 4.90 Å². The van der Waals surface area contributed by atoms with Crippen LogP contribution in [0.1, 0.15) is 21.5 Å². The van der Waals surface area contributed by atoms with Crippen LogP contribution in [0.4, 0.5) is 10.1 Å². The number of amides is 1. The summed E-state index contributed by atoms with van der Waals surface area (Å²) in [7, 11) is 1.55. The summed E-state index contributed by atoms with van der Waals surface area (Å²) in [5.74, 6) is -0.990. The van der Waals surface area contributed by atoms with E-state index in [1.807, 2.05) is 6.07 Å². The molecular formula is C16H13FN2O. The lowest BCUT2D eigenvalue weighted by atomic mass is 10.1. The Balaban J connectivity index is 2.35. The van der Waals surface area contributed by atoms with Gasteiger partial charge in [0.05, 0.1) is 17.2 Å². The molecule has 0 fully saturated rings. The molecule has 20 heavy (non-hydrogen) atoms. The molecule has 0 aromatic heterocycles. The van der Waals surface area contributed by atoms with E-state index in [1.165, 1.54) is 17.0 Å². The average molecular weight is 268 g/mol. The van der Waals surface area contributed by atoms with Crippen molar-refractivity contribution in [3.8, 4) is 6.07 Å². The van der Waals surface area contributed by atoms with Gasteiger partial charge in [0.25, 0.3) is 5.91 Å². The van der Waals surface area contributed by atoms with Gasteiger partial charge in [0.15, 0.2) is 0 Å². The number of carbonyl (C=O) groups excluding carboxylic acids is 1. The molecule has 4 heteroatoms. The van der Waals surface area contributed by atoms with Gasteiger partial charge in [0.2, 0.25) is 0 Å². The Morgan fingerprint density at radius 2 is 2.00 bits per heavy atom. The largest absolute Gasteiger partial charge is 0.311 e. The van der Waals surface area contributed by atoms with Gasteiger partial charge in [0.1, 0.15) is 5.82 Å². The summed E-state index contributed by atoms with van der Waals surface area (Å²) in [6.07, 6.45) is 0. The van der Waals surface area contributed by atoms with Crippen molar-refractivity contribution in [3.63, 3.8) is 0 Å². The highest BCUT2D eigenvalue weighted by molar-refractivity contribution is 6.06. The summed E-state index contributed by atoms with van der Waals surface area (Å²) >= 11 is 0. The van der Waals surface area contributed by atoms with Crippen molar-refractivity contribution < 1.29 is 9.18 Å². The number of halogens is 1. The maximum atomic E-state index is 13.8. The molecule has 2 aromatic carbocycles. The Morgan fingerprint density at radius 3 is 2.65 bits per heavy atom. The normalized spacial score (nSPS) is 9.90. The van der Waals surface area contributed by atoms with Crippen LogP contribution in [0.25, 0.3) is 0 Å². The van der Waals surface area contributed by atoms with E-state index in [0.717, 1.165) is 5.56 Å². The minimum atomic E-state index is -0.543. The molecule has 0 N–H and O–H groups in total. The van der Waals surface area contributed by atoms with Crippen molar-refractivity contribution >= 4 is 11.6 Å². The Labute approximate surface area is 116 Å². The van der Waals surface area contributed by atoms with Crippen LogP contribution in [0.5, 0.6) is 0 Å². The lowest BCUT2D eigenvalue weighted by Crippen LogP contribution is -2.27. The fourth-order valence-corrected chi connectivity index (χ4v) is 1.88. The predicted octanol–water partition coefficient (Wildman–Crippen LogP) is 3.28. The van der Waals surface area contributed by atoms with Gasteiger partial charge in [0, 0.05) is 12.7 Å². The highest BCUT2D eigenvalue weighted by atomic mass is 19.1. The highest BCUT2D eigenvalue weighted by Gasteiger charge is 2.17. The summed E-state index contributed by atoms with van der Waals surface area (Å²) in [5, 5.41) is 8.86. The zero-order chi connectivity index (χ0) is 14.7. The molecule has 2 aromatic rings. The molecule has 0 aliphatic heterocycles. The highest BCUT2D eigenvalue weighted by Crippen LogP contribution is 2.19. The lowest BCUT2D eigenvalue weighted by Gasteiger charge is -2.18. The van der Waals surface area contributed by atoms with Gasteiger partial charge in [-0.3, -0.25) is 4.79 Å². The molecule has 1 amide bonds. The third-order valence-corrected chi connectivity index (χ3v) is 3.02. The molecule has 100 valence electrons. The quantitative estimate of drug-likeness (QED) is 0.839. The zero-order valence-corrected chi connectivity index (χ0v) is 11.2. The van der Waals surface area contributed by atoms with Gasteiger partial charge < -0.3 is 4.90 Å². The van der Waals surface area contributed by atoms with Gasteiger partial charge in [-0.15, -0.1) is 0 Å². The van der Waals surface area contributed by atoms with Crippen LogP contribution in [0.3, 0.4) is 0 Å². The third kappa shape index (κ3) is 2.67. The smallest absolute Gasteiger partial charge is 0.260 e. The van der Waals surface area contributed by atoms with Gasteiger partial charge >= 0.3 is 0 Å². The molecular weight excluding hydrogens is 255 g/mol. The van der Waals surface area contributed by atoms with Crippen LogP contribution >= 0.6 is 0 Å². The first-order valence-corrected chi connectivity index (χ1v) is 6.07. The van der Waals surface area contributed by atoms with Crippen molar-refractivity contribution in [2.45, 2.75) is 6.92 Å². The Bertz CT molecular complexity index is 704. The van der Waals surface area contributed by atoms with Crippen molar-refractivity contribution in [1.29, 1.82) is 5.26 Å². The Hall–Kier alpha value is -2.67. The van der Waals surface area contributed by atoms with E-state index < -0.39 is 11.7 Å². The monoisotopic (exact) mass is 268 g/mol. The fourth-order valence-electron chi connectivity index (χ4n) is 1.88. The summed E-state index contributed by atoms with van der Waals surface area (Å²) in [4.78, 5) is 13.6. The molecule has 2 rings (SSSR count). The SMILES string of the molecule is Cc1ccc(C(=O)N(C)c2cccc(C#N)c2)c(F)c1. The van der Waals surface area contributed by atoms with E-state index in [4.69, 9.17) is 5.26 Å². The van der Waals surface area contributed by atoms with E-state index >= 15 is 0 Å². The predicted molar refractivity (Wildman–Crippen MR) is 75.0 cm³/mol. The number of nitrogens with zero attached hydrogens (tertiary/aromatic N) is 2. The molecule has 0 unspecified atom stereocenters. The van der Waals surface area contributed by atoms with E-state index in [1.54, 1.807) is 44.3 Å². The van der Waals surface area contributed by atoms with E-state index in [0.29, 0.717) is 11.3 Å². The molecule has 0 atom stereocenters. The number of anilines is 1. The van der Waals surface area contributed by atoms with Crippen molar-refractivity contribution in [2.24, 2.45) is 0 Å². The zero-order valence-electron chi connectivity index (χ0n) is 11.2. The first kappa shape index (κ1) is 13.8. The number of hydrogen-bond acceptors (Lipinski definition) is 2. The summed E-state index contributed by atoms with van der Waals surface area (Å²) in [5.41, 5.74) is 1.77. The van der Waals surface area contributed by atoms with Crippen molar-refractivity contribution in [1.82, 2.24) is 0 Å². The molecule has 0 spiro atoms. The topological polar surface area (TPSA) is 44.1 Å². The standard InChI is InChI=1S/C16H13FN2O/c1-11-6-7-14(15(17)8-11)16(20)19(2)13-5-3-4-12(9-13)10-18/h3-9H,1-2H3. The first-order chi connectivity index (χ1) is 9.52. The fraction of sp³-hybridized carbons (Fsp3) is 0.125. The average Bonchev–Trinajstić information content (AvgIpc) is 2.46. The number of carbonyl (C=O) groups is 1. The summed E-state index contributed by atoms with van der Waals surface area (Å²) < 4.78 is 13.8. The van der Waals surface area contributed by atoms with Crippen LogP contribution in [-0.4, -0.2) is 13.0 Å². The number of aryl methyl sites for hydroxylation is 1. The van der Waals surface area contributed by atoms with Crippen molar-refractivity contribution in [2.75, 3.05) is 11.9 Å². The molecule has 0 saturated heterocycles. The van der Waals surface area contributed by atoms with Gasteiger partial charge in [-0.25, -0.2) is 4.39 Å². The second kappa shape index (κ2) is 5.54. The van der Waals surface area contributed by atoms with Crippen LogP contribution in [-0.2, 0) is 0 Å². The van der Waals surface area contributed by atoms with Gasteiger partial charge in [-0.1, -0.05) is 12.1 Å². The Kier molecular flexibility index (Phi) is 3.81. The molecule has 0 heterocycles. The van der Waals surface area contributed by atoms with Crippen LogP contribution in [0, 0.1) is 24.1 Å². The van der Waals surface area contributed by atoms with E-state index in [9.17, 15) is 9.18 Å². The molecule has 0 aliphatic rings. The van der Waals surface area contributed by atoms with E-state index in [-0.39, 0.29) is 5.56 Å². The van der Waals surface area contributed by atoms with Crippen molar-refractivity contribution in [3.05, 3.63) is 65.0 Å². The minimum Gasteiger partial charge on any atom is -0.311 e. The van der Waals surface area contributed by atoms with E-state index in [2.05, 4.69) is 0 Å². The molecule has 3 nitrogen and oxygen atoms in total. The molecule has 0 saturated carbocycles. The second-order valence-electron chi connectivity index (χ2n) is 4.51. The van der Waals surface area contributed by atoms with Gasteiger partial charge in [-0.2, -0.15) is 5.26 Å². The summed E-state index contributed by atoms with van der Waals surface area (Å²) in [6.45, 7) is 1.76. The third-order valence-electron chi connectivity index (χ3n) is 3.02. The number of nitriles is 1. The molecule has 0 aliphatic carbocycles. The van der Waals surface area contributed by atoms with Crippen LogP contribution in [0.2, 0.25) is 0 Å². The number of rotatable bonds is 2. The number of benzene rings is 2. The first-order valence-electron chi connectivity index (χ1n) is 6.07. The number of hydrogen-bond donors (Lipinski definition) is 0. The lowest BCUT2D eigenvalue weighted by molar-refractivity contribution is 0.0989. The maximum absolute atomic E-state index is 13.8. The van der Waals surface area contributed by atoms with Gasteiger partial charge in [-0.05, 0) is 42.8 Å². The molecule has 0 bridgehead atoms.